The molecule has 5 nitrogen and oxygen atoms in total. The highest BCUT2D eigenvalue weighted by Gasteiger charge is 2.10. The molecule has 0 radical (unpaired) electrons. The molecule has 1 aromatic rings. The number of guanidine groups is 1. The van der Waals surface area contributed by atoms with Gasteiger partial charge in [0.1, 0.15) is 0 Å². The normalized spacial score (nSPS) is 12.3. The van der Waals surface area contributed by atoms with Crippen molar-refractivity contribution in [1.82, 2.24) is 10.2 Å². The average Bonchev–Trinajstić information content (AvgIpc) is 2.46. The topological polar surface area (TPSA) is 61.8 Å². The lowest BCUT2D eigenvalue weighted by atomic mass is 10.2. The van der Waals surface area contributed by atoms with E-state index in [0.29, 0.717) is 19.0 Å². The summed E-state index contributed by atoms with van der Waals surface area (Å²) in [6, 6.07) is 8.06. The molecule has 1 N–H and O–H groups in total. The molecule has 0 saturated heterocycles. The molecule has 21 heavy (non-hydrogen) atoms. The molecule has 0 bridgehead atoms. The van der Waals surface area contributed by atoms with Gasteiger partial charge in [0.25, 0.3) is 0 Å². The van der Waals surface area contributed by atoms with Crippen molar-refractivity contribution in [1.29, 1.82) is 0 Å². The Morgan fingerprint density at radius 2 is 1.95 bits per heavy atom. The molecular weight excluding hydrogens is 354 g/mol. The average molecular weight is 376 g/mol. The zero-order valence-corrected chi connectivity index (χ0v) is 15.0. The molecule has 0 fully saturated rings. The van der Waals surface area contributed by atoms with Crippen LogP contribution >= 0.6 is 15.9 Å². The summed E-state index contributed by atoms with van der Waals surface area (Å²) in [4.78, 5) is 6.13. The van der Waals surface area contributed by atoms with Crippen molar-refractivity contribution in [3.8, 4) is 0 Å². The summed E-state index contributed by atoms with van der Waals surface area (Å²) in [5.74, 6) is 0.973. The molecular formula is C14H22BrN3O2S. The summed E-state index contributed by atoms with van der Waals surface area (Å²) >= 11 is 3.41. The standard InChI is InChI=1S/C14H22BrN3O2S/c1-4-21(19,20)10-9-17-14(16-2)18(3)11-12-5-7-13(15)8-6-12/h5-8H,4,9-11H2,1-3H3,(H,16,17). The maximum absolute atomic E-state index is 11.5. The van der Waals surface area contributed by atoms with Gasteiger partial charge in [0.05, 0.1) is 5.75 Å². The van der Waals surface area contributed by atoms with Crippen LogP contribution in [0.4, 0.5) is 0 Å². The molecule has 118 valence electrons. The van der Waals surface area contributed by atoms with Gasteiger partial charge in [-0.05, 0) is 17.7 Å². The Bertz CT molecular complexity index is 570. The fourth-order valence-corrected chi connectivity index (χ4v) is 2.75. The molecule has 0 heterocycles. The van der Waals surface area contributed by atoms with E-state index in [1.807, 2.05) is 36.2 Å². The van der Waals surface area contributed by atoms with Crippen LogP contribution < -0.4 is 5.32 Å². The lowest BCUT2D eigenvalue weighted by Gasteiger charge is -2.22. The van der Waals surface area contributed by atoms with E-state index in [1.165, 1.54) is 0 Å². The number of halogens is 1. The second-order valence-electron chi connectivity index (χ2n) is 4.69. The minimum atomic E-state index is -2.95. The molecule has 0 saturated carbocycles. The van der Waals surface area contributed by atoms with Crippen LogP contribution in [-0.2, 0) is 16.4 Å². The fourth-order valence-electron chi connectivity index (χ4n) is 1.79. The minimum absolute atomic E-state index is 0.120. The van der Waals surface area contributed by atoms with Gasteiger partial charge in [-0.25, -0.2) is 8.42 Å². The number of rotatable bonds is 6. The second kappa shape index (κ2) is 8.38. The van der Waals surface area contributed by atoms with Crippen molar-refractivity contribution >= 4 is 31.7 Å². The van der Waals surface area contributed by atoms with Crippen molar-refractivity contribution in [3.63, 3.8) is 0 Å². The van der Waals surface area contributed by atoms with Gasteiger partial charge in [0.2, 0.25) is 0 Å². The summed E-state index contributed by atoms with van der Waals surface area (Å²) in [5, 5.41) is 3.08. The summed E-state index contributed by atoms with van der Waals surface area (Å²) in [6.45, 7) is 2.73. The molecule has 0 spiro atoms. The lowest BCUT2D eigenvalue weighted by Crippen LogP contribution is -2.40. The first-order valence-electron chi connectivity index (χ1n) is 6.74. The van der Waals surface area contributed by atoms with Crippen LogP contribution in [0, 0.1) is 0 Å². The maximum Gasteiger partial charge on any atom is 0.193 e. The molecule has 7 heteroatoms. The maximum atomic E-state index is 11.5. The van der Waals surface area contributed by atoms with Gasteiger partial charge in [0.15, 0.2) is 15.8 Å². The quantitative estimate of drug-likeness (QED) is 0.609. The zero-order valence-electron chi connectivity index (χ0n) is 12.6. The Morgan fingerprint density at radius 3 is 2.48 bits per heavy atom. The molecule has 0 atom stereocenters. The van der Waals surface area contributed by atoms with Crippen LogP contribution in [0.3, 0.4) is 0 Å². The van der Waals surface area contributed by atoms with Crippen LogP contribution in [0.1, 0.15) is 12.5 Å². The van der Waals surface area contributed by atoms with Crippen molar-refractivity contribution in [2.75, 3.05) is 32.1 Å². The van der Waals surface area contributed by atoms with Crippen LogP contribution in [0.25, 0.3) is 0 Å². The van der Waals surface area contributed by atoms with Crippen LogP contribution in [0.15, 0.2) is 33.7 Å². The van der Waals surface area contributed by atoms with E-state index in [2.05, 4.69) is 26.2 Å². The van der Waals surface area contributed by atoms with E-state index in [4.69, 9.17) is 0 Å². The van der Waals surface area contributed by atoms with Gasteiger partial charge in [-0.2, -0.15) is 0 Å². The number of benzene rings is 1. The highest BCUT2D eigenvalue weighted by Crippen LogP contribution is 2.11. The predicted octanol–water partition coefficient (Wildman–Crippen LogP) is 1.89. The Kier molecular flexibility index (Phi) is 7.17. The largest absolute Gasteiger partial charge is 0.355 e. The van der Waals surface area contributed by atoms with Crippen LogP contribution in [-0.4, -0.2) is 51.4 Å². The number of nitrogens with zero attached hydrogens (tertiary/aromatic N) is 2. The highest BCUT2D eigenvalue weighted by molar-refractivity contribution is 9.10. The minimum Gasteiger partial charge on any atom is -0.355 e. The highest BCUT2D eigenvalue weighted by atomic mass is 79.9. The molecule has 0 aliphatic rings. The first-order chi connectivity index (χ1) is 9.88. The van der Waals surface area contributed by atoms with Gasteiger partial charge in [0, 0.05) is 37.4 Å². The van der Waals surface area contributed by atoms with E-state index in [1.54, 1.807) is 14.0 Å². The summed E-state index contributed by atoms with van der Waals surface area (Å²) in [5.41, 5.74) is 1.16. The third-order valence-electron chi connectivity index (χ3n) is 3.04. The van der Waals surface area contributed by atoms with E-state index >= 15 is 0 Å². The smallest absolute Gasteiger partial charge is 0.193 e. The number of hydrogen-bond acceptors (Lipinski definition) is 3. The molecule has 0 aliphatic carbocycles. The van der Waals surface area contributed by atoms with Crippen LogP contribution in [0.2, 0.25) is 0 Å². The van der Waals surface area contributed by atoms with Gasteiger partial charge in [-0.1, -0.05) is 35.0 Å². The van der Waals surface area contributed by atoms with Gasteiger partial charge < -0.3 is 10.2 Å². The molecule has 0 unspecified atom stereocenters. The van der Waals surface area contributed by atoms with Gasteiger partial charge in [-0.15, -0.1) is 0 Å². The van der Waals surface area contributed by atoms with E-state index in [9.17, 15) is 8.42 Å². The van der Waals surface area contributed by atoms with E-state index in [0.717, 1.165) is 10.0 Å². The number of hydrogen-bond donors (Lipinski definition) is 1. The molecule has 0 amide bonds. The van der Waals surface area contributed by atoms with E-state index < -0.39 is 9.84 Å². The summed E-state index contributed by atoms with van der Waals surface area (Å²) in [6.07, 6.45) is 0. The number of aliphatic imine (C=N–C) groups is 1. The number of nitrogens with one attached hydrogen (secondary N) is 1. The Labute approximate surface area is 135 Å². The van der Waals surface area contributed by atoms with Crippen molar-refractivity contribution in [3.05, 3.63) is 34.3 Å². The van der Waals surface area contributed by atoms with Crippen LogP contribution in [0.5, 0.6) is 0 Å². The lowest BCUT2D eigenvalue weighted by molar-refractivity contribution is 0.478. The molecule has 1 rings (SSSR count). The van der Waals surface area contributed by atoms with Gasteiger partial charge >= 0.3 is 0 Å². The summed E-state index contributed by atoms with van der Waals surface area (Å²) < 4.78 is 24.0. The Balaban J connectivity index is 2.54. The first kappa shape index (κ1) is 18.0. The van der Waals surface area contributed by atoms with Crippen molar-refractivity contribution in [2.45, 2.75) is 13.5 Å². The predicted molar refractivity (Wildman–Crippen MR) is 91.3 cm³/mol. The Morgan fingerprint density at radius 1 is 1.33 bits per heavy atom. The first-order valence-corrected chi connectivity index (χ1v) is 9.36. The van der Waals surface area contributed by atoms with Crippen molar-refractivity contribution in [2.24, 2.45) is 4.99 Å². The van der Waals surface area contributed by atoms with E-state index in [-0.39, 0.29) is 11.5 Å². The second-order valence-corrected chi connectivity index (χ2v) is 8.08. The molecule has 1 aromatic carbocycles. The third kappa shape index (κ3) is 6.48. The molecule has 0 aromatic heterocycles. The Hall–Kier alpha value is -1.08. The monoisotopic (exact) mass is 375 g/mol. The number of sulfone groups is 1. The molecule has 0 aliphatic heterocycles. The summed E-state index contributed by atoms with van der Waals surface area (Å²) in [7, 11) is 0.658. The zero-order chi connectivity index (χ0) is 15.9. The third-order valence-corrected chi connectivity index (χ3v) is 5.28. The SMILES string of the molecule is CCS(=O)(=O)CCNC(=NC)N(C)Cc1ccc(Br)cc1. The van der Waals surface area contributed by atoms with Crippen molar-refractivity contribution < 1.29 is 8.42 Å². The fraction of sp³-hybridized carbons (Fsp3) is 0.500. The van der Waals surface area contributed by atoms with Gasteiger partial charge in [-0.3, -0.25) is 4.99 Å².